The maximum atomic E-state index is 5.55. The molecule has 0 unspecified atom stereocenters. The third kappa shape index (κ3) is 2.52. The average Bonchev–Trinajstić information content (AvgIpc) is 2.85. The molecule has 1 aliphatic rings. The third-order valence-electron chi connectivity index (χ3n) is 3.03. The van der Waals surface area contributed by atoms with Crippen LogP contribution in [0.3, 0.4) is 0 Å². The zero-order chi connectivity index (χ0) is 10.7. The lowest BCUT2D eigenvalue weighted by Crippen LogP contribution is -2.06. The van der Waals surface area contributed by atoms with Crippen molar-refractivity contribution in [3.63, 3.8) is 0 Å². The number of hydrogen-bond donors (Lipinski definition) is 1. The number of hydrogen-bond acceptors (Lipinski definition) is 4. The molecule has 1 saturated carbocycles. The summed E-state index contributed by atoms with van der Waals surface area (Å²) >= 11 is 1.81. The van der Waals surface area contributed by atoms with Crippen LogP contribution in [-0.4, -0.2) is 20.5 Å². The molecule has 0 amide bonds. The van der Waals surface area contributed by atoms with Gasteiger partial charge in [0.05, 0.1) is 6.54 Å². The Morgan fingerprint density at radius 3 is 2.73 bits per heavy atom. The van der Waals surface area contributed by atoms with Gasteiger partial charge in [0, 0.05) is 12.8 Å². The molecule has 0 atom stereocenters. The fourth-order valence-corrected chi connectivity index (χ4v) is 3.13. The minimum Gasteiger partial charge on any atom is -0.324 e. The number of rotatable bonds is 4. The summed E-state index contributed by atoms with van der Waals surface area (Å²) in [6.45, 7) is 0.466. The van der Waals surface area contributed by atoms with Crippen LogP contribution in [0.15, 0.2) is 5.16 Å². The zero-order valence-electron chi connectivity index (χ0n) is 9.15. The van der Waals surface area contributed by atoms with Gasteiger partial charge >= 0.3 is 0 Å². The first-order valence-electron chi connectivity index (χ1n) is 5.52. The number of nitrogens with zero attached hydrogens (tertiary/aromatic N) is 3. The largest absolute Gasteiger partial charge is 0.324 e. The van der Waals surface area contributed by atoms with E-state index in [1.165, 1.54) is 31.4 Å². The van der Waals surface area contributed by atoms with Crippen LogP contribution in [0.2, 0.25) is 0 Å². The molecule has 84 valence electrons. The Bertz CT molecular complexity index is 317. The van der Waals surface area contributed by atoms with Crippen LogP contribution in [0.1, 0.15) is 31.5 Å². The molecule has 0 aromatic carbocycles. The molecule has 5 heteroatoms. The van der Waals surface area contributed by atoms with Crippen molar-refractivity contribution in [2.24, 2.45) is 18.7 Å². The van der Waals surface area contributed by atoms with Crippen molar-refractivity contribution in [1.82, 2.24) is 14.8 Å². The molecule has 1 aliphatic carbocycles. The standard InChI is InChI=1S/C10H18N4S/c1-14-9(6-11)12-13-10(14)15-7-8-4-2-3-5-8/h8H,2-7,11H2,1H3. The van der Waals surface area contributed by atoms with E-state index in [9.17, 15) is 0 Å². The maximum Gasteiger partial charge on any atom is 0.190 e. The van der Waals surface area contributed by atoms with E-state index in [1.54, 1.807) is 0 Å². The van der Waals surface area contributed by atoms with E-state index in [2.05, 4.69) is 10.2 Å². The van der Waals surface area contributed by atoms with Crippen LogP contribution in [0.25, 0.3) is 0 Å². The Morgan fingerprint density at radius 1 is 1.40 bits per heavy atom. The van der Waals surface area contributed by atoms with Gasteiger partial charge in [-0.3, -0.25) is 0 Å². The fourth-order valence-electron chi connectivity index (χ4n) is 2.02. The van der Waals surface area contributed by atoms with E-state index >= 15 is 0 Å². The average molecular weight is 226 g/mol. The minimum absolute atomic E-state index is 0.466. The van der Waals surface area contributed by atoms with E-state index in [-0.39, 0.29) is 0 Å². The number of nitrogens with two attached hydrogens (primary N) is 1. The lowest BCUT2D eigenvalue weighted by molar-refractivity contribution is 0.620. The van der Waals surface area contributed by atoms with Gasteiger partial charge in [0.2, 0.25) is 0 Å². The summed E-state index contributed by atoms with van der Waals surface area (Å²) in [6, 6.07) is 0. The van der Waals surface area contributed by atoms with Crippen molar-refractivity contribution in [1.29, 1.82) is 0 Å². The van der Waals surface area contributed by atoms with Crippen LogP contribution in [-0.2, 0) is 13.6 Å². The van der Waals surface area contributed by atoms with Crippen LogP contribution < -0.4 is 5.73 Å². The highest BCUT2D eigenvalue weighted by Crippen LogP contribution is 2.30. The SMILES string of the molecule is Cn1c(CN)nnc1SCC1CCCC1. The second kappa shape index (κ2) is 4.99. The highest BCUT2D eigenvalue weighted by Gasteiger charge is 2.16. The molecule has 1 aromatic heterocycles. The molecular weight excluding hydrogens is 208 g/mol. The molecule has 1 heterocycles. The van der Waals surface area contributed by atoms with Crippen molar-refractivity contribution in [3.8, 4) is 0 Å². The normalized spacial score (nSPS) is 17.5. The molecule has 2 N–H and O–H groups in total. The van der Waals surface area contributed by atoms with Crippen LogP contribution in [0.4, 0.5) is 0 Å². The summed E-state index contributed by atoms with van der Waals surface area (Å²) in [6.07, 6.45) is 5.57. The molecule has 0 spiro atoms. The molecular formula is C10H18N4S. The van der Waals surface area contributed by atoms with E-state index in [0.717, 1.165) is 16.9 Å². The Balaban J connectivity index is 1.89. The first-order chi connectivity index (χ1) is 7.31. The van der Waals surface area contributed by atoms with Gasteiger partial charge in [-0.05, 0) is 18.8 Å². The van der Waals surface area contributed by atoms with E-state index in [0.29, 0.717) is 6.54 Å². The van der Waals surface area contributed by atoms with E-state index in [1.807, 2.05) is 23.4 Å². The Kier molecular flexibility index (Phi) is 3.64. The van der Waals surface area contributed by atoms with Crippen molar-refractivity contribution < 1.29 is 0 Å². The zero-order valence-corrected chi connectivity index (χ0v) is 9.96. The second-order valence-corrected chi connectivity index (χ2v) is 5.11. The minimum atomic E-state index is 0.466. The lowest BCUT2D eigenvalue weighted by atomic mass is 10.1. The van der Waals surface area contributed by atoms with Crippen LogP contribution in [0.5, 0.6) is 0 Å². The van der Waals surface area contributed by atoms with E-state index in [4.69, 9.17) is 5.73 Å². The number of aromatic nitrogens is 3. The van der Waals surface area contributed by atoms with Gasteiger partial charge in [-0.1, -0.05) is 24.6 Å². The lowest BCUT2D eigenvalue weighted by Gasteiger charge is -2.07. The first-order valence-corrected chi connectivity index (χ1v) is 6.51. The van der Waals surface area contributed by atoms with Gasteiger partial charge in [-0.2, -0.15) is 0 Å². The molecule has 0 bridgehead atoms. The molecule has 0 radical (unpaired) electrons. The van der Waals surface area contributed by atoms with Gasteiger partial charge in [-0.25, -0.2) is 0 Å². The predicted octanol–water partition coefficient (Wildman–Crippen LogP) is 1.56. The topological polar surface area (TPSA) is 56.7 Å². The molecule has 15 heavy (non-hydrogen) atoms. The number of thioether (sulfide) groups is 1. The van der Waals surface area contributed by atoms with E-state index < -0.39 is 0 Å². The summed E-state index contributed by atoms with van der Waals surface area (Å²) in [5, 5.41) is 9.19. The van der Waals surface area contributed by atoms with Gasteiger partial charge in [0.15, 0.2) is 5.16 Å². The van der Waals surface area contributed by atoms with Crippen molar-refractivity contribution in [2.45, 2.75) is 37.4 Å². The first kappa shape index (κ1) is 11.0. The van der Waals surface area contributed by atoms with Crippen molar-refractivity contribution >= 4 is 11.8 Å². The second-order valence-electron chi connectivity index (χ2n) is 4.12. The molecule has 1 fully saturated rings. The quantitative estimate of drug-likeness (QED) is 0.792. The molecule has 1 aromatic rings. The molecule has 4 nitrogen and oxygen atoms in total. The monoisotopic (exact) mass is 226 g/mol. The summed E-state index contributed by atoms with van der Waals surface area (Å²) < 4.78 is 2.00. The molecule has 2 rings (SSSR count). The van der Waals surface area contributed by atoms with Crippen LogP contribution >= 0.6 is 11.8 Å². The summed E-state index contributed by atoms with van der Waals surface area (Å²) in [7, 11) is 1.99. The molecule has 0 saturated heterocycles. The maximum absolute atomic E-state index is 5.55. The van der Waals surface area contributed by atoms with Gasteiger partial charge in [0.25, 0.3) is 0 Å². The smallest absolute Gasteiger partial charge is 0.190 e. The summed E-state index contributed by atoms with van der Waals surface area (Å²) in [4.78, 5) is 0. The Hall–Kier alpha value is -0.550. The summed E-state index contributed by atoms with van der Waals surface area (Å²) in [5.41, 5.74) is 5.55. The Labute approximate surface area is 94.6 Å². The van der Waals surface area contributed by atoms with Crippen molar-refractivity contribution in [2.75, 3.05) is 5.75 Å². The van der Waals surface area contributed by atoms with Crippen LogP contribution in [0, 0.1) is 5.92 Å². The summed E-state index contributed by atoms with van der Waals surface area (Å²) in [5.74, 6) is 2.92. The third-order valence-corrected chi connectivity index (χ3v) is 4.28. The highest BCUT2D eigenvalue weighted by molar-refractivity contribution is 7.99. The van der Waals surface area contributed by atoms with Gasteiger partial charge < -0.3 is 10.3 Å². The highest BCUT2D eigenvalue weighted by atomic mass is 32.2. The van der Waals surface area contributed by atoms with Gasteiger partial charge in [0.1, 0.15) is 5.82 Å². The van der Waals surface area contributed by atoms with Crippen molar-refractivity contribution in [3.05, 3.63) is 5.82 Å². The predicted molar refractivity (Wildman–Crippen MR) is 61.6 cm³/mol. The molecule has 0 aliphatic heterocycles. The Morgan fingerprint density at radius 2 is 2.13 bits per heavy atom. The fraction of sp³-hybridized carbons (Fsp3) is 0.800. The van der Waals surface area contributed by atoms with Gasteiger partial charge in [-0.15, -0.1) is 10.2 Å².